The molecule has 0 saturated heterocycles. The van der Waals surface area contributed by atoms with Crippen LogP contribution in [0.1, 0.15) is 34.9 Å². The van der Waals surface area contributed by atoms with Gasteiger partial charge in [0.15, 0.2) is 0 Å². The van der Waals surface area contributed by atoms with Crippen LogP contribution in [0.2, 0.25) is 0 Å². The molecular formula is C17H22N4O4S2. The van der Waals surface area contributed by atoms with Gasteiger partial charge in [-0.25, -0.2) is 13.4 Å². The molecule has 2 N–H and O–H groups in total. The number of hydrogen-bond acceptors (Lipinski definition) is 6. The predicted octanol–water partition coefficient (Wildman–Crippen LogP) is 2.31. The van der Waals surface area contributed by atoms with E-state index in [1.807, 2.05) is 12.3 Å². The van der Waals surface area contributed by atoms with Gasteiger partial charge in [0.05, 0.1) is 34.8 Å². The van der Waals surface area contributed by atoms with Crippen LogP contribution in [0.3, 0.4) is 0 Å². The van der Waals surface area contributed by atoms with E-state index in [1.165, 1.54) is 41.4 Å². The molecule has 0 fully saturated rings. The lowest BCUT2D eigenvalue weighted by molar-refractivity contribution is -0.114. The van der Waals surface area contributed by atoms with E-state index in [2.05, 4.69) is 15.0 Å². The number of hydrogen-bond donors (Lipinski definition) is 2. The summed E-state index contributed by atoms with van der Waals surface area (Å²) in [7, 11) is -1.96. The number of amides is 2. The van der Waals surface area contributed by atoms with Crippen LogP contribution in [0.25, 0.3) is 0 Å². The zero-order valence-corrected chi connectivity index (χ0v) is 17.2. The molecule has 146 valence electrons. The second kappa shape index (κ2) is 8.49. The molecule has 0 atom stereocenters. The standard InChI is InChI=1S/C17H22N4O4S2/c1-5-16-19-13(10-26-16)9-21(3)17(23)14-8-12(18-11(2)22)6-7-15(14)20-27(4,24)25/h6-8,10,20H,5,9H2,1-4H3,(H,18,22). The van der Waals surface area contributed by atoms with E-state index in [9.17, 15) is 18.0 Å². The van der Waals surface area contributed by atoms with Crippen LogP contribution < -0.4 is 10.0 Å². The van der Waals surface area contributed by atoms with Crippen LogP contribution in [0.4, 0.5) is 11.4 Å². The first-order valence-corrected chi connectivity index (χ1v) is 10.9. The summed E-state index contributed by atoms with van der Waals surface area (Å²) in [6.07, 6.45) is 1.83. The number of sulfonamides is 1. The monoisotopic (exact) mass is 410 g/mol. The molecule has 8 nitrogen and oxygen atoms in total. The molecule has 0 spiro atoms. The molecule has 0 aliphatic rings. The van der Waals surface area contributed by atoms with Crippen molar-refractivity contribution in [1.82, 2.24) is 9.88 Å². The Hall–Kier alpha value is -2.46. The molecular weight excluding hydrogens is 388 g/mol. The highest BCUT2D eigenvalue weighted by molar-refractivity contribution is 7.92. The highest BCUT2D eigenvalue weighted by Crippen LogP contribution is 2.24. The van der Waals surface area contributed by atoms with Crippen molar-refractivity contribution in [2.45, 2.75) is 26.8 Å². The lowest BCUT2D eigenvalue weighted by Crippen LogP contribution is -2.28. The SMILES string of the molecule is CCc1nc(CN(C)C(=O)c2cc(NC(C)=O)ccc2NS(C)(=O)=O)cs1. The normalized spacial score (nSPS) is 11.1. The molecule has 0 unspecified atom stereocenters. The minimum absolute atomic E-state index is 0.139. The molecule has 2 aromatic rings. The summed E-state index contributed by atoms with van der Waals surface area (Å²) in [5.74, 6) is -0.681. The summed E-state index contributed by atoms with van der Waals surface area (Å²) in [4.78, 5) is 30.1. The van der Waals surface area contributed by atoms with Gasteiger partial charge in [-0.05, 0) is 24.6 Å². The molecule has 0 radical (unpaired) electrons. The van der Waals surface area contributed by atoms with Crippen molar-refractivity contribution >= 4 is 44.5 Å². The third-order valence-electron chi connectivity index (χ3n) is 3.51. The van der Waals surface area contributed by atoms with E-state index >= 15 is 0 Å². The molecule has 1 heterocycles. The Labute approximate surface area is 162 Å². The van der Waals surface area contributed by atoms with Gasteiger partial charge in [-0.1, -0.05) is 6.92 Å². The predicted molar refractivity (Wildman–Crippen MR) is 107 cm³/mol. The van der Waals surface area contributed by atoms with Crippen molar-refractivity contribution in [3.63, 3.8) is 0 Å². The number of anilines is 2. The minimum atomic E-state index is -3.57. The van der Waals surface area contributed by atoms with E-state index in [-0.39, 0.29) is 29.6 Å². The zero-order chi connectivity index (χ0) is 20.2. The van der Waals surface area contributed by atoms with Crippen molar-refractivity contribution in [3.05, 3.63) is 39.8 Å². The number of nitrogens with one attached hydrogen (secondary N) is 2. The third kappa shape index (κ3) is 6.04. The quantitative estimate of drug-likeness (QED) is 0.728. The van der Waals surface area contributed by atoms with Gasteiger partial charge < -0.3 is 10.2 Å². The van der Waals surface area contributed by atoms with Crippen LogP contribution >= 0.6 is 11.3 Å². The first-order chi connectivity index (χ1) is 12.6. The summed E-state index contributed by atoms with van der Waals surface area (Å²) in [6, 6.07) is 4.43. The fourth-order valence-corrected chi connectivity index (χ4v) is 3.71. The molecule has 2 amide bonds. The molecule has 1 aromatic heterocycles. The zero-order valence-electron chi connectivity index (χ0n) is 15.6. The van der Waals surface area contributed by atoms with E-state index in [0.29, 0.717) is 5.69 Å². The van der Waals surface area contributed by atoms with Gasteiger partial charge in [0, 0.05) is 25.0 Å². The topological polar surface area (TPSA) is 108 Å². The number of rotatable bonds is 7. The van der Waals surface area contributed by atoms with Crippen LogP contribution in [0.5, 0.6) is 0 Å². The number of carbonyl (C=O) groups is 2. The van der Waals surface area contributed by atoms with Gasteiger partial charge in [-0.3, -0.25) is 14.3 Å². The van der Waals surface area contributed by atoms with Crippen LogP contribution in [0.15, 0.2) is 23.6 Å². The van der Waals surface area contributed by atoms with Crippen LogP contribution in [-0.2, 0) is 27.8 Å². The number of thiazole rings is 1. The number of aromatic nitrogens is 1. The Morgan fingerprint density at radius 3 is 2.56 bits per heavy atom. The Bertz CT molecular complexity index is 954. The highest BCUT2D eigenvalue weighted by atomic mass is 32.2. The van der Waals surface area contributed by atoms with E-state index in [0.717, 1.165) is 23.4 Å². The van der Waals surface area contributed by atoms with Crippen LogP contribution in [-0.4, -0.2) is 43.4 Å². The third-order valence-corrected chi connectivity index (χ3v) is 5.15. The van der Waals surface area contributed by atoms with Crippen molar-refractivity contribution in [2.75, 3.05) is 23.3 Å². The van der Waals surface area contributed by atoms with Crippen molar-refractivity contribution < 1.29 is 18.0 Å². The number of aryl methyl sites for hydroxylation is 1. The summed E-state index contributed by atoms with van der Waals surface area (Å²) in [6.45, 7) is 3.65. The fraction of sp³-hybridized carbons (Fsp3) is 0.353. The Morgan fingerprint density at radius 1 is 1.30 bits per heavy atom. The molecule has 10 heteroatoms. The van der Waals surface area contributed by atoms with Gasteiger partial charge in [-0.15, -0.1) is 11.3 Å². The highest BCUT2D eigenvalue weighted by Gasteiger charge is 2.20. The first kappa shape index (κ1) is 20.8. The van der Waals surface area contributed by atoms with Gasteiger partial charge in [0.25, 0.3) is 5.91 Å². The average Bonchev–Trinajstić information content (AvgIpc) is 3.01. The van der Waals surface area contributed by atoms with Gasteiger partial charge in [-0.2, -0.15) is 0 Å². The van der Waals surface area contributed by atoms with Crippen molar-refractivity contribution in [3.8, 4) is 0 Å². The van der Waals surface area contributed by atoms with E-state index < -0.39 is 10.0 Å². The smallest absolute Gasteiger partial charge is 0.256 e. The number of nitrogens with zero attached hydrogens (tertiary/aromatic N) is 2. The molecule has 2 rings (SSSR count). The summed E-state index contributed by atoms with van der Waals surface area (Å²) < 4.78 is 25.6. The average molecular weight is 411 g/mol. The van der Waals surface area contributed by atoms with Gasteiger partial charge >= 0.3 is 0 Å². The molecule has 27 heavy (non-hydrogen) atoms. The maximum Gasteiger partial charge on any atom is 0.256 e. The van der Waals surface area contributed by atoms with Gasteiger partial charge in [0.1, 0.15) is 0 Å². The minimum Gasteiger partial charge on any atom is -0.336 e. The number of benzene rings is 1. The maximum atomic E-state index is 12.9. The van der Waals surface area contributed by atoms with Crippen molar-refractivity contribution in [2.24, 2.45) is 0 Å². The van der Waals surface area contributed by atoms with Crippen LogP contribution in [0, 0.1) is 0 Å². The lowest BCUT2D eigenvalue weighted by atomic mass is 10.1. The fourth-order valence-electron chi connectivity index (χ4n) is 2.40. The molecule has 0 aliphatic carbocycles. The summed E-state index contributed by atoms with van der Waals surface area (Å²) in [5.41, 5.74) is 1.46. The Kier molecular flexibility index (Phi) is 6.55. The molecule has 0 saturated carbocycles. The maximum absolute atomic E-state index is 12.9. The summed E-state index contributed by atoms with van der Waals surface area (Å²) >= 11 is 1.53. The molecule has 0 bridgehead atoms. The number of carbonyl (C=O) groups excluding carboxylic acids is 2. The lowest BCUT2D eigenvalue weighted by Gasteiger charge is -2.19. The van der Waals surface area contributed by atoms with E-state index in [1.54, 1.807) is 7.05 Å². The summed E-state index contributed by atoms with van der Waals surface area (Å²) in [5, 5.41) is 5.47. The second-order valence-corrected chi connectivity index (χ2v) is 8.75. The Balaban J connectivity index is 2.33. The molecule has 0 aliphatic heterocycles. The largest absolute Gasteiger partial charge is 0.336 e. The second-order valence-electron chi connectivity index (χ2n) is 6.06. The van der Waals surface area contributed by atoms with Gasteiger partial charge in [0.2, 0.25) is 15.9 Å². The Morgan fingerprint density at radius 2 is 2.00 bits per heavy atom. The van der Waals surface area contributed by atoms with Crippen molar-refractivity contribution in [1.29, 1.82) is 0 Å². The molecule has 1 aromatic carbocycles. The first-order valence-electron chi connectivity index (χ1n) is 8.17. The van der Waals surface area contributed by atoms with E-state index in [4.69, 9.17) is 0 Å².